The molecule has 1 aromatic rings. The second-order valence-electron chi connectivity index (χ2n) is 10.9. The molecule has 4 aliphatic carbocycles. The Balaban J connectivity index is 1.46. The first-order chi connectivity index (χ1) is 15.3. The first-order valence-corrected chi connectivity index (χ1v) is 12.1. The number of hydrogen-bond donors (Lipinski definition) is 0. The van der Waals surface area contributed by atoms with Gasteiger partial charge in [-0.05, 0) is 96.0 Å². The van der Waals surface area contributed by atoms with Gasteiger partial charge in [-0.15, -0.1) is 0 Å². The highest BCUT2D eigenvalue weighted by atomic mass is 19.1. The monoisotopic (exact) mass is 436 g/mol. The van der Waals surface area contributed by atoms with Crippen molar-refractivity contribution in [3.05, 3.63) is 52.9 Å². The normalized spacial score (nSPS) is 38.3. The van der Waals surface area contributed by atoms with Crippen LogP contribution in [0.25, 0.3) is 5.57 Å². The zero-order chi connectivity index (χ0) is 22.7. The molecule has 0 bridgehead atoms. The molecule has 6 atom stereocenters. The minimum Gasteiger partial charge on any atom is -0.462 e. The molecule has 32 heavy (non-hydrogen) atoms. The van der Waals surface area contributed by atoms with Crippen molar-refractivity contribution in [3.63, 3.8) is 0 Å². The second-order valence-corrected chi connectivity index (χ2v) is 10.9. The van der Waals surface area contributed by atoms with Crippen molar-refractivity contribution in [2.75, 3.05) is 0 Å². The fraction of sp³-hybridized carbons (Fsp3) is 0.571. The predicted octanol–water partition coefficient (Wildman–Crippen LogP) is 6.28. The Kier molecular flexibility index (Phi) is 5.18. The van der Waals surface area contributed by atoms with Crippen molar-refractivity contribution in [1.82, 2.24) is 0 Å². The molecule has 1 aromatic carbocycles. The summed E-state index contributed by atoms with van der Waals surface area (Å²) in [6.45, 7) is 6.26. The standard InChI is InChI=1S/C28H33FO3/c1-17(31)32-22-10-12-27(2)20(15-22)6-9-23-24(27)11-13-28(3)25(23)14-19(16-30)26(28)18-4-7-21(29)8-5-18/h4-8,16,22-25H,9-15H2,1-3H3/t22-,23+,24-,25-,27-,28-/m0/s1. The summed E-state index contributed by atoms with van der Waals surface area (Å²) in [5.41, 5.74) is 4.63. The molecular formula is C28H33FO3. The molecule has 4 heteroatoms. The Bertz CT molecular complexity index is 1010. The number of benzene rings is 1. The first kappa shape index (κ1) is 21.6. The van der Waals surface area contributed by atoms with Gasteiger partial charge in [-0.2, -0.15) is 0 Å². The summed E-state index contributed by atoms with van der Waals surface area (Å²) >= 11 is 0. The number of aldehydes is 1. The van der Waals surface area contributed by atoms with Crippen molar-refractivity contribution in [2.24, 2.45) is 28.6 Å². The minimum atomic E-state index is -0.243. The van der Waals surface area contributed by atoms with Crippen LogP contribution in [0.2, 0.25) is 0 Å². The highest BCUT2D eigenvalue weighted by Gasteiger charge is 2.58. The lowest BCUT2D eigenvalue weighted by Crippen LogP contribution is -2.50. The van der Waals surface area contributed by atoms with Crippen LogP contribution in [0, 0.1) is 34.4 Å². The number of hydrogen-bond acceptors (Lipinski definition) is 3. The fourth-order valence-electron chi connectivity index (χ4n) is 7.91. The van der Waals surface area contributed by atoms with Crippen LogP contribution in [0.4, 0.5) is 4.39 Å². The van der Waals surface area contributed by atoms with Crippen molar-refractivity contribution >= 4 is 17.8 Å². The largest absolute Gasteiger partial charge is 0.462 e. The molecule has 3 nitrogen and oxygen atoms in total. The van der Waals surface area contributed by atoms with E-state index < -0.39 is 0 Å². The van der Waals surface area contributed by atoms with Crippen LogP contribution in [-0.2, 0) is 14.3 Å². The highest BCUT2D eigenvalue weighted by Crippen LogP contribution is 2.67. The molecule has 5 rings (SSSR count). The molecular weight excluding hydrogens is 403 g/mol. The number of esters is 1. The molecule has 0 N–H and O–H groups in total. The summed E-state index contributed by atoms with van der Waals surface area (Å²) in [5, 5.41) is 0. The van der Waals surface area contributed by atoms with Crippen LogP contribution in [0.3, 0.4) is 0 Å². The van der Waals surface area contributed by atoms with Gasteiger partial charge < -0.3 is 4.74 Å². The van der Waals surface area contributed by atoms with E-state index in [9.17, 15) is 14.0 Å². The Morgan fingerprint density at radius 3 is 2.47 bits per heavy atom. The SMILES string of the molecule is CC(=O)O[C@H]1CC[C@@]2(C)C(=CC[C@@H]3[C@@H]2CC[C@]2(C)C(c4ccc(F)cc4)=C(C=O)C[C@@H]32)C1. The summed E-state index contributed by atoms with van der Waals surface area (Å²) < 4.78 is 19.1. The average molecular weight is 437 g/mol. The number of carbonyl (C=O) groups is 2. The Hall–Kier alpha value is -2.23. The van der Waals surface area contributed by atoms with E-state index >= 15 is 0 Å². The zero-order valence-corrected chi connectivity index (χ0v) is 19.3. The molecule has 0 amide bonds. The smallest absolute Gasteiger partial charge is 0.302 e. The molecule has 0 radical (unpaired) electrons. The molecule has 0 saturated heterocycles. The van der Waals surface area contributed by atoms with Crippen molar-refractivity contribution in [3.8, 4) is 0 Å². The molecule has 0 spiro atoms. The van der Waals surface area contributed by atoms with E-state index in [4.69, 9.17) is 4.74 Å². The third kappa shape index (κ3) is 3.21. The predicted molar refractivity (Wildman–Crippen MR) is 122 cm³/mol. The van der Waals surface area contributed by atoms with Crippen molar-refractivity contribution in [1.29, 1.82) is 0 Å². The zero-order valence-electron chi connectivity index (χ0n) is 19.3. The van der Waals surface area contributed by atoms with Gasteiger partial charge in [0.1, 0.15) is 18.2 Å². The van der Waals surface area contributed by atoms with E-state index in [1.807, 2.05) is 12.1 Å². The number of halogens is 1. The lowest BCUT2D eigenvalue weighted by molar-refractivity contribution is -0.148. The summed E-state index contributed by atoms with van der Waals surface area (Å²) in [6, 6.07) is 6.69. The van der Waals surface area contributed by atoms with Crippen LogP contribution in [0.15, 0.2) is 41.5 Å². The van der Waals surface area contributed by atoms with Gasteiger partial charge in [0.2, 0.25) is 0 Å². The molecule has 0 heterocycles. The lowest BCUT2D eigenvalue weighted by Gasteiger charge is -2.57. The van der Waals surface area contributed by atoms with Crippen LogP contribution in [0.5, 0.6) is 0 Å². The van der Waals surface area contributed by atoms with E-state index in [-0.39, 0.29) is 28.7 Å². The molecule has 2 fully saturated rings. The van der Waals surface area contributed by atoms with Crippen LogP contribution >= 0.6 is 0 Å². The Morgan fingerprint density at radius 1 is 1.06 bits per heavy atom. The van der Waals surface area contributed by atoms with E-state index in [0.29, 0.717) is 17.8 Å². The van der Waals surface area contributed by atoms with Gasteiger partial charge in [-0.25, -0.2) is 4.39 Å². The third-order valence-electron chi connectivity index (χ3n) is 9.39. The summed E-state index contributed by atoms with van der Waals surface area (Å²) in [6.07, 6.45) is 10.4. The molecule has 0 aromatic heterocycles. The number of allylic oxidation sites excluding steroid dienone is 3. The molecule has 2 saturated carbocycles. The molecule has 0 unspecified atom stereocenters. The second kappa shape index (κ2) is 7.67. The molecule has 170 valence electrons. The quantitative estimate of drug-likeness (QED) is 0.318. The maximum atomic E-state index is 13.6. The summed E-state index contributed by atoms with van der Waals surface area (Å²) in [7, 11) is 0. The first-order valence-electron chi connectivity index (χ1n) is 12.1. The molecule has 0 aliphatic heterocycles. The summed E-state index contributed by atoms with van der Waals surface area (Å²) in [5.74, 6) is 1.14. The van der Waals surface area contributed by atoms with Crippen LogP contribution in [0.1, 0.15) is 71.3 Å². The van der Waals surface area contributed by atoms with Gasteiger partial charge in [-0.3, -0.25) is 9.59 Å². The minimum absolute atomic E-state index is 0.0112. The average Bonchev–Trinajstić information content (AvgIpc) is 3.07. The van der Waals surface area contributed by atoms with Gasteiger partial charge in [0.05, 0.1) is 0 Å². The highest BCUT2D eigenvalue weighted by molar-refractivity contribution is 5.92. The third-order valence-corrected chi connectivity index (χ3v) is 9.39. The van der Waals surface area contributed by atoms with Gasteiger partial charge in [0.25, 0.3) is 0 Å². The number of rotatable bonds is 3. The van der Waals surface area contributed by atoms with Gasteiger partial charge in [-0.1, -0.05) is 37.6 Å². The number of ether oxygens (including phenoxy) is 1. The summed E-state index contributed by atoms with van der Waals surface area (Å²) in [4.78, 5) is 23.6. The fourth-order valence-corrected chi connectivity index (χ4v) is 7.91. The van der Waals surface area contributed by atoms with Crippen LogP contribution in [-0.4, -0.2) is 18.4 Å². The Morgan fingerprint density at radius 2 is 1.78 bits per heavy atom. The van der Waals surface area contributed by atoms with Crippen molar-refractivity contribution in [2.45, 2.75) is 71.8 Å². The van der Waals surface area contributed by atoms with Gasteiger partial charge in [0, 0.05) is 13.3 Å². The van der Waals surface area contributed by atoms with E-state index in [2.05, 4.69) is 19.9 Å². The maximum Gasteiger partial charge on any atom is 0.302 e. The number of carbonyl (C=O) groups excluding carboxylic acids is 2. The molecule has 4 aliphatic rings. The van der Waals surface area contributed by atoms with E-state index in [1.165, 1.54) is 24.6 Å². The van der Waals surface area contributed by atoms with E-state index in [0.717, 1.165) is 67.9 Å². The van der Waals surface area contributed by atoms with E-state index in [1.54, 1.807) is 0 Å². The van der Waals surface area contributed by atoms with Crippen molar-refractivity contribution < 1.29 is 18.7 Å². The van der Waals surface area contributed by atoms with Crippen LogP contribution < -0.4 is 0 Å². The number of fused-ring (bicyclic) bond motifs is 5. The van der Waals surface area contributed by atoms with Gasteiger partial charge >= 0.3 is 5.97 Å². The maximum absolute atomic E-state index is 13.6. The van der Waals surface area contributed by atoms with Gasteiger partial charge in [0.15, 0.2) is 0 Å². The lowest BCUT2D eigenvalue weighted by atomic mass is 9.47. The topological polar surface area (TPSA) is 43.4 Å². The Labute approximate surface area is 190 Å².